The molecule has 0 aliphatic rings. The van der Waals surface area contributed by atoms with Crippen molar-refractivity contribution in [2.45, 2.75) is 33.4 Å². The third kappa shape index (κ3) is 3.96. The molecule has 130 valence electrons. The van der Waals surface area contributed by atoms with Crippen molar-refractivity contribution in [2.24, 2.45) is 5.41 Å². The van der Waals surface area contributed by atoms with E-state index in [0.717, 1.165) is 11.2 Å². The number of benzene rings is 1. The summed E-state index contributed by atoms with van der Waals surface area (Å²) in [6.07, 6.45) is 1.88. The molecule has 0 spiro atoms. The summed E-state index contributed by atoms with van der Waals surface area (Å²) in [7, 11) is 0. The third-order valence-electron chi connectivity index (χ3n) is 4.07. The molecule has 0 bridgehead atoms. The smallest absolute Gasteiger partial charge is 0.315 e. The summed E-state index contributed by atoms with van der Waals surface area (Å²) in [6, 6.07) is 15.4. The number of carbonyl (C=O) groups excluding carboxylic acids is 1. The maximum absolute atomic E-state index is 12.4. The van der Waals surface area contributed by atoms with E-state index in [4.69, 9.17) is 0 Å². The molecule has 3 rings (SSSR count). The minimum atomic E-state index is -0.226. The lowest BCUT2D eigenvalue weighted by molar-refractivity contribution is 0.218. The summed E-state index contributed by atoms with van der Waals surface area (Å²) in [4.78, 5) is 12.4. The van der Waals surface area contributed by atoms with E-state index in [1.165, 1.54) is 0 Å². The first-order valence-corrected chi connectivity index (χ1v) is 8.33. The molecule has 2 aromatic heterocycles. The van der Waals surface area contributed by atoms with Crippen molar-refractivity contribution in [3.8, 4) is 0 Å². The van der Waals surface area contributed by atoms with Crippen LogP contribution >= 0.6 is 0 Å². The van der Waals surface area contributed by atoms with Gasteiger partial charge in [0.1, 0.15) is 0 Å². The number of amides is 2. The van der Waals surface area contributed by atoms with Crippen molar-refractivity contribution in [1.82, 2.24) is 25.2 Å². The van der Waals surface area contributed by atoms with Crippen LogP contribution in [0.5, 0.6) is 0 Å². The van der Waals surface area contributed by atoms with Gasteiger partial charge in [0, 0.05) is 6.20 Å². The highest BCUT2D eigenvalue weighted by Gasteiger charge is 2.27. The molecule has 0 unspecified atom stereocenters. The standard InChI is InChI=1S/C19H23N5O/c1-19(2,3)17(14-9-5-4-6-10-14)21-18(25)20-13-16-23-22-15-11-7-8-12-24(15)16/h4-12,17H,13H2,1-3H3,(H2,20,21,25)/t17-/m1/s1. The lowest BCUT2D eigenvalue weighted by Crippen LogP contribution is -2.42. The third-order valence-corrected chi connectivity index (χ3v) is 4.07. The van der Waals surface area contributed by atoms with Gasteiger partial charge in [-0.15, -0.1) is 10.2 Å². The van der Waals surface area contributed by atoms with Crippen LogP contribution in [0.25, 0.3) is 5.65 Å². The molecule has 0 radical (unpaired) electrons. The van der Waals surface area contributed by atoms with Crippen LogP contribution in [-0.2, 0) is 6.54 Å². The van der Waals surface area contributed by atoms with Gasteiger partial charge in [-0.3, -0.25) is 4.40 Å². The Kier molecular flexibility index (Phi) is 4.70. The average Bonchev–Trinajstić information content (AvgIpc) is 3.01. The number of carbonyl (C=O) groups is 1. The summed E-state index contributed by atoms with van der Waals surface area (Å²) in [5.41, 5.74) is 1.73. The number of nitrogens with one attached hydrogen (secondary N) is 2. The van der Waals surface area contributed by atoms with E-state index in [0.29, 0.717) is 12.4 Å². The summed E-state index contributed by atoms with van der Waals surface area (Å²) < 4.78 is 1.86. The normalized spacial score (nSPS) is 12.8. The van der Waals surface area contributed by atoms with Crippen molar-refractivity contribution in [3.05, 3.63) is 66.1 Å². The van der Waals surface area contributed by atoms with Gasteiger partial charge < -0.3 is 10.6 Å². The second kappa shape index (κ2) is 6.93. The second-order valence-electron chi connectivity index (χ2n) is 7.08. The van der Waals surface area contributed by atoms with E-state index in [2.05, 4.69) is 41.6 Å². The number of nitrogens with zero attached hydrogens (tertiary/aromatic N) is 3. The lowest BCUT2D eigenvalue weighted by Gasteiger charge is -2.32. The molecule has 0 aliphatic heterocycles. The fraction of sp³-hybridized carbons (Fsp3) is 0.316. The first-order valence-electron chi connectivity index (χ1n) is 8.33. The maximum atomic E-state index is 12.4. The Balaban J connectivity index is 1.68. The van der Waals surface area contributed by atoms with Crippen LogP contribution < -0.4 is 10.6 Å². The fourth-order valence-electron chi connectivity index (χ4n) is 2.80. The zero-order valence-corrected chi connectivity index (χ0v) is 14.7. The SMILES string of the molecule is CC(C)(C)[C@H](NC(=O)NCc1nnc2ccccn12)c1ccccc1. The number of aromatic nitrogens is 3. The Labute approximate surface area is 147 Å². The predicted molar refractivity (Wildman–Crippen MR) is 97.0 cm³/mol. The molecule has 2 N–H and O–H groups in total. The first-order chi connectivity index (χ1) is 11.9. The number of hydrogen-bond donors (Lipinski definition) is 2. The first kappa shape index (κ1) is 17.0. The molecule has 1 atom stereocenters. The zero-order valence-electron chi connectivity index (χ0n) is 14.7. The van der Waals surface area contributed by atoms with Gasteiger partial charge >= 0.3 is 6.03 Å². The highest BCUT2D eigenvalue weighted by molar-refractivity contribution is 5.74. The van der Waals surface area contributed by atoms with Crippen molar-refractivity contribution < 1.29 is 4.79 Å². The highest BCUT2D eigenvalue weighted by atomic mass is 16.2. The zero-order chi connectivity index (χ0) is 17.9. The molecule has 3 aromatic rings. The molecule has 0 saturated heterocycles. The van der Waals surface area contributed by atoms with E-state index in [9.17, 15) is 4.79 Å². The molecule has 0 fully saturated rings. The molecule has 2 heterocycles. The predicted octanol–water partition coefficient (Wildman–Crippen LogP) is 3.32. The van der Waals surface area contributed by atoms with E-state index >= 15 is 0 Å². The Bertz CT molecular complexity index is 851. The number of pyridine rings is 1. The summed E-state index contributed by atoms with van der Waals surface area (Å²) in [6.45, 7) is 6.63. The molecule has 6 nitrogen and oxygen atoms in total. The van der Waals surface area contributed by atoms with Crippen LogP contribution in [0, 0.1) is 5.41 Å². The summed E-state index contributed by atoms with van der Waals surface area (Å²) in [5.74, 6) is 0.692. The Morgan fingerprint density at radius 2 is 1.80 bits per heavy atom. The molecule has 0 aliphatic carbocycles. The van der Waals surface area contributed by atoms with Crippen molar-refractivity contribution >= 4 is 11.7 Å². The monoisotopic (exact) mass is 337 g/mol. The van der Waals surface area contributed by atoms with Gasteiger partial charge in [0.2, 0.25) is 0 Å². The minimum absolute atomic E-state index is 0.0937. The topological polar surface area (TPSA) is 71.3 Å². The number of fused-ring (bicyclic) bond motifs is 1. The van der Waals surface area contributed by atoms with Crippen LogP contribution in [0.4, 0.5) is 4.79 Å². The minimum Gasteiger partial charge on any atom is -0.331 e. The number of urea groups is 1. The maximum Gasteiger partial charge on any atom is 0.315 e. The largest absolute Gasteiger partial charge is 0.331 e. The van der Waals surface area contributed by atoms with Gasteiger partial charge in [0.25, 0.3) is 0 Å². The van der Waals surface area contributed by atoms with Crippen molar-refractivity contribution in [2.75, 3.05) is 0 Å². The van der Waals surface area contributed by atoms with Crippen LogP contribution in [-0.4, -0.2) is 20.6 Å². The molecule has 0 saturated carbocycles. The van der Waals surface area contributed by atoms with Gasteiger partial charge in [0.05, 0.1) is 12.6 Å². The Hall–Kier alpha value is -2.89. The molecule has 2 amide bonds. The van der Waals surface area contributed by atoms with Gasteiger partial charge in [0.15, 0.2) is 11.5 Å². The molecular formula is C19H23N5O. The van der Waals surface area contributed by atoms with E-state index in [1.807, 2.05) is 59.1 Å². The van der Waals surface area contributed by atoms with Crippen LogP contribution in [0.2, 0.25) is 0 Å². The Morgan fingerprint density at radius 1 is 1.08 bits per heavy atom. The van der Waals surface area contributed by atoms with E-state index in [-0.39, 0.29) is 17.5 Å². The van der Waals surface area contributed by atoms with Gasteiger partial charge in [-0.1, -0.05) is 57.2 Å². The van der Waals surface area contributed by atoms with Crippen LogP contribution in [0.15, 0.2) is 54.7 Å². The van der Waals surface area contributed by atoms with Crippen LogP contribution in [0.3, 0.4) is 0 Å². The van der Waals surface area contributed by atoms with Crippen LogP contribution in [0.1, 0.15) is 38.2 Å². The molecule has 25 heavy (non-hydrogen) atoms. The van der Waals surface area contributed by atoms with E-state index < -0.39 is 0 Å². The van der Waals surface area contributed by atoms with Gasteiger partial charge in [-0.25, -0.2) is 4.79 Å². The summed E-state index contributed by atoms with van der Waals surface area (Å²) in [5, 5.41) is 14.2. The average molecular weight is 337 g/mol. The number of rotatable bonds is 4. The quantitative estimate of drug-likeness (QED) is 0.767. The highest BCUT2D eigenvalue weighted by Crippen LogP contribution is 2.32. The fourth-order valence-corrected chi connectivity index (χ4v) is 2.80. The molecular weight excluding hydrogens is 314 g/mol. The van der Waals surface area contributed by atoms with Gasteiger partial charge in [-0.05, 0) is 23.1 Å². The number of hydrogen-bond acceptors (Lipinski definition) is 3. The van der Waals surface area contributed by atoms with Gasteiger partial charge in [-0.2, -0.15) is 0 Å². The second-order valence-corrected chi connectivity index (χ2v) is 7.08. The molecule has 1 aromatic carbocycles. The van der Waals surface area contributed by atoms with Crippen molar-refractivity contribution in [3.63, 3.8) is 0 Å². The van der Waals surface area contributed by atoms with E-state index in [1.54, 1.807) is 0 Å². The van der Waals surface area contributed by atoms with Crippen molar-refractivity contribution in [1.29, 1.82) is 0 Å². The molecule has 6 heteroatoms. The lowest BCUT2D eigenvalue weighted by atomic mass is 9.82. The summed E-state index contributed by atoms with van der Waals surface area (Å²) >= 11 is 0. The Morgan fingerprint density at radius 3 is 2.52 bits per heavy atom.